The molecule has 24 heavy (non-hydrogen) atoms. The van der Waals surface area contributed by atoms with Gasteiger partial charge in [0.25, 0.3) is 0 Å². The third kappa shape index (κ3) is 3.81. The molecule has 0 aromatic heterocycles. The van der Waals surface area contributed by atoms with E-state index in [2.05, 4.69) is 67.3 Å². The van der Waals surface area contributed by atoms with Crippen molar-refractivity contribution in [1.82, 2.24) is 4.90 Å². The van der Waals surface area contributed by atoms with Gasteiger partial charge in [-0.3, -0.25) is 4.90 Å². The Morgan fingerprint density at radius 3 is 2.79 bits per heavy atom. The van der Waals surface area contributed by atoms with E-state index in [0.717, 1.165) is 38.9 Å². The first-order valence-electron chi connectivity index (χ1n) is 9.12. The molecule has 1 aromatic rings. The van der Waals surface area contributed by atoms with Gasteiger partial charge in [0.15, 0.2) is 0 Å². The number of aliphatic hydroxyl groups excluding tert-OH is 1. The minimum atomic E-state index is 0.189. The molecule has 1 aliphatic heterocycles. The Bertz CT molecular complexity index is 643. The third-order valence-corrected chi connectivity index (χ3v) is 5.79. The summed E-state index contributed by atoms with van der Waals surface area (Å²) in [4.78, 5) is 2.54. The zero-order chi connectivity index (χ0) is 17.0. The zero-order valence-electron chi connectivity index (χ0n) is 14.9. The highest BCUT2D eigenvalue weighted by Crippen LogP contribution is 2.44. The Kier molecular flexibility index (Phi) is 5.25. The summed E-state index contributed by atoms with van der Waals surface area (Å²) in [5, 5.41) is 9.89. The van der Waals surface area contributed by atoms with Gasteiger partial charge in [-0.1, -0.05) is 62.4 Å². The summed E-state index contributed by atoms with van der Waals surface area (Å²) in [6.07, 6.45) is 11.8. The second-order valence-corrected chi connectivity index (χ2v) is 7.47. The fourth-order valence-corrected chi connectivity index (χ4v) is 3.90. The summed E-state index contributed by atoms with van der Waals surface area (Å²) in [5.74, 6) is 1.14. The van der Waals surface area contributed by atoms with Gasteiger partial charge in [0.05, 0.1) is 5.76 Å². The molecule has 1 N–H and O–H groups in total. The minimum absolute atomic E-state index is 0.189. The molecule has 0 saturated carbocycles. The molecule has 1 heterocycles. The number of hydrogen-bond acceptors (Lipinski definition) is 2. The normalized spacial score (nSPS) is 28.7. The van der Waals surface area contributed by atoms with Gasteiger partial charge < -0.3 is 5.11 Å². The predicted octanol–water partition coefficient (Wildman–Crippen LogP) is 5.21. The van der Waals surface area contributed by atoms with Crippen LogP contribution in [0.25, 0.3) is 6.08 Å². The van der Waals surface area contributed by atoms with Gasteiger partial charge in [-0.05, 0) is 47.9 Å². The maximum atomic E-state index is 9.89. The number of allylic oxidation sites excluding steroid dienone is 4. The van der Waals surface area contributed by atoms with Crippen molar-refractivity contribution < 1.29 is 5.11 Å². The first-order valence-corrected chi connectivity index (χ1v) is 9.12. The second kappa shape index (κ2) is 7.40. The summed E-state index contributed by atoms with van der Waals surface area (Å²) in [5.41, 5.74) is 2.80. The lowest BCUT2D eigenvalue weighted by atomic mass is 9.66. The zero-order valence-corrected chi connectivity index (χ0v) is 14.9. The van der Waals surface area contributed by atoms with Gasteiger partial charge in [-0.25, -0.2) is 0 Å². The van der Waals surface area contributed by atoms with Crippen molar-refractivity contribution in [2.45, 2.75) is 33.1 Å². The Balaban J connectivity index is 1.59. The maximum Gasteiger partial charge on any atom is 0.0928 e. The van der Waals surface area contributed by atoms with Crippen molar-refractivity contribution in [2.24, 2.45) is 11.3 Å². The molecule has 0 bridgehead atoms. The Morgan fingerprint density at radius 2 is 2.08 bits per heavy atom. The number of aliphatic hydroxyl groups is 1. The SMILES string of the molecule is C[C@H]1CN(C/C=C/c2ccccc2)CC[C@@]1(C)C1=CCCC(O)=C1. The van der Waals surface area contributed by atoms with Crippen molar-refractivity contribution in [1.29, 1.82) is 0 Å². The first kappa shape index (κ1) is 17.0. The molecule has 3 rings (SSSR count). The number of hydrogen-bond donors (Lipinski definition) is 1. The highest BCUT2D eigenvalue weighted by molar-refractivity contribution is 5.48. The van der Waals surface area contributed by atoms with Crippen LogP contribution in [0.15, 0.2) is 59.9 Å². The number of likely N-dealkylation sites (tertiary alicyclic amines) is 1. The van der Waals surface area contributed by atoms with Crippen molar-refractivity contribution in [2.75, 3.05) is 19.6 Å². The van der Waals surface area contributed by atoms with Crippen LogP contribution >= 0.6 is 0 Å². The van der Waals surface area contributed by atoms with Crippen molar-refractivity contribution in [3.63, 3.8) is 0 Å². The molecule has 1 aliphatic carbocycles. The highest BCUT2D eigenvalue weighted by Gasteiger charge is 2.38. The van der Waals surface area contributed by atoms with Crippen LogP contribution in [0.4, 0.5) is 0 Å². The molecule has 1 aromatic carbocycles. The molecule has 0 spiro atoms. The fraction of sp³-hybridized carbons (Fsp3) is 0.455. The standard InChI is InChI=1S/C22H29NO/c1-18-17-23(14-7-10-19-8-4-3-5-9-19)15-13-22(18,2)20-11-6-12-21(24)16-20/h3-5,7-11,16,18,24H,6,12-15,17H2,1-2H3/b10-7+/t18-,22+/m0/s1. The van der Waals surface area contributed by atoms with E-state index in [1.807, 2.05) is 6.08 Å². The monoisotopic (exact) mass is 323 g/mol. The van der Waals surface area contributed by atoms with Gasteiger partial charge in [-0.15, -0.1) is 0 Å². The number of nitrogens with zero attached hydrogens (tertiary/aromatic N) is 1. The molecular weight excluding hydrogens is 294 g/mol. The molecule has 2 atom stereocenters. The maximum absolute atomic E-state index is 9.89. The van der Waals surface area contributed by atoms with E-state index in [1.54, 1.807) is 0 Å². The molecule has 1 fully saturated rings. The van der Waals surface area contributed by atoms with E-state index in [0.29, 0.717) is 11.7 Å². The molecule has 2 aliphatic rings. The van der Waals surface area contributed by atoms with Crippen molar-refractivity contribution >= 4 is 6.08 Å². The van der Waals surface area contributed by atoms with E-state index < -0.39 is 0 Å². The highest BCUT2D eigenvalue weighted by atomic mass is 16.3. The predicted molar refractivity (Wildman–Crippen MR) is 102 cm³/mol. The van der Waals surface area contributed by atoms with Crippen molar-refractivity contribution in [3.05, 3.63) is 65.5 Å². The van der Waals surface area contributed by atoms with Gasteiger partial charge in [0.1, 0.15) is 0 Å². The number of benzene rings is 1. The van der Waals surface area contributed by atoms with Gasteiger partial charge >= 0.3 is 0 Å². The lowest BCUT2D eigenvalue weighted by molar-refractivity contribution is 0.0938. The molecule has 128 valence electrons. The lowest BCUT2D eigenvalue weighted by Crippen LogP contribution is -2.45. The quantitative estimate of drug-likeness (QED) is 0.822. The smallest absolute Gasteiger partial charge is 0.0928 e. The average Bonchev–Trinajstić information content (AvgIpc) is 2.59. The minimum Gasteiger partial charge on any atom is -0.512 e. The average molecular weight is 323 g/mol. The van der Waals surface area contributed by atoms with Crippen LogP contribution in [0.5, 0.6) is 0 Å². The topological polar surface area (TPSA) is 23.5 Å². The number of rotatable bonds is 4. The van der Waals surface area contributed by atoms with Gasteiger partial charge in [0, 0.05) is 19.5 Å². The van der Waals surface area contributed by atoms with E-state index in [-0.39, 0.29) is 5.41 Å². The Labute approximate surface area is 146 Å². The summed E-state index contributed by atoms with van der Waals surface area (Å²) < 4.78 is 0. The molecular formula is C22H29NO. The van der Waals surface area contributed by atoms with E-state index in [9.17, 15) is 5.11 Å². The fourth-order valence-electron chi connectivity index (χ4n) is 3.90. The van der Waals surface area contributed by atoms with E-state index in [4.69, 9.17) is 0 Å². The molecule has 2 nitrogen and oxygen atoms in total. The first-order chi connectivity index (χ1) is 11.6. The Morgan fingerprint density at radius 1 is 1.29 bits per heavy atom. The molecule has 0 radical (unpaired) electrons. The van der Waals surface area contributed by atoms with Crippen molar-refractivity contribution in [3.8, 4) is 0 Å². The molecule has 0 amide bonds. The largest absolute Gasteiger partial charge is 0.512 e. The van der Waals surface area contributed by atoms with E-state index >= 15 is 0 Å². The van der Waals surface area contributed by atoms with Crippen LogP contribution in [0.1, 0.15) is 38.7 Å². The van der Waals surface area contributed by atoms with Crippen LogP contribution in [-0.4, -0.2) is 29.6 Å². The van der Waals surface area contributed by atoms with E-state index in [1.165, 1.54) is 11.1 Å². The van der Waals surface area contributed by atoms with Gasteiger partial charge in [0.2, 0.25) is 0 Å². The third-order valence-electron chi connectivity index (χ3n) is 5.79. The molecule has 1 saturated heterocycles. The molecule has 2 heteroatoms. The van der Waals surface area contributed by atoms with Gasteiger partial charge in [-0.2, -0.15) is 0 Å². The Hall–Kier alpha value is -1.80. The summed E-state index contributed by atoms with van der Waals surface area (Å²) >= 11 is 0. The summed E-state index contributed by atoms with van der Waals surface area (Å²) in [6.45, 7) is 7.96. The summed E-state index contributed by atoms with van der Waals surface area (Å²) in [7, 11) is 0. The summed E-state index contributed by atoms with van der Waals surface area (Å²) in [6, 6.07) is 10.5. The van der Waals surface area contributed by atoms with Crippen LogP contribution in [0.2, 0.25) is 0 Å². The van der Waals surface area contributed by atoms with Crippen LogP contribution in [0, 0.1) is 11.3 Å². The van der Waals surface area contributed by atoms with Crippen LogP contribution < -0.4 is 0 Å². The molecule has 0 unspecified atom stereocenters. The lowest BCUT2D eigenvalue weighted by Gasteiger charge is -2.46. The van der Waals surface area contributed by atoms with Crippen LogP contribution in [-0.2, 0) is 0 Å². The number of piperidine rings is 1. The van der Waals surface area contributed by atoms with Crippen LogP contribution in [0.3, 0.4) is 0 Å². The second-order valence-electron chi connectivity index (χ2n) is 7.47.